The lowest BCUT2D eigenvalue weighted by molar-refractivity contribution is 0.581. The second-order valence-electron chi connectivity index (χ2n) is 4.36. The van der Waals surface area contributed by atoms with E-state index in [9.17, 15) is 8.42 Å². The van der Waals surface area contributed by atoms with Gasteiger partial charge in [0.25, 0.3) is 0 Å². The zero-order valence-corrected chi connectivity index (χ0v) is 13.3. The average molecular weight is 331 g/mol. The Labute approximate surface area is 127 Å². The van der Waals surface area contributed by atoms with Crippen molar-refractivity contribution in [3.8, 4) is 0 Å². The van der Waals surface area contributed by atoms with Crippen molar-refractivity contribution in [1.29, 1.82) is 0 Å². The minimum absolute atomic E-state index is 0.146. The molecule has 0 aliphatic rings. The summed E-state index contributed by atoms with van der Waals surface area (Å²) in [5.74, 6) is 0. The summed E-state index contributed by atoms with van der Waals surface area (Å²) >= 11 is 7.54. The summed E-state index contributed by atoms with van der Waals surface area (Å²) in [5, 5.41) is 4.28. The quantitative estimate of drug-likeness (QED) is 0.885. The number of benzene rings is 1. The maximum absolute atomic E-state index is 12.2. The van der Waals surface area contributed by atoms with Crippen molar-refractivity contribution < 1.29 is 8.42 Å². The van der Waals surface area contributed by atoms with Crippen LogP contribution >= 0.6 is 22.9 Å². The molecule has 3 N–H and O–H groups in total. The number of nitrogens with one attached hydrogen (secondary N) is 1. The normalized spacial score (nSPS) is 11.8. The highest BCUT2D eigenvalue weighted by atomic mass is 35.5. The molecule has 0 saturated carbocycles. The molecule has 0 bridgehead atoms. The van der Waals surface area contributed by atoms with E-state index in [0.29, 0.717) is 5.02 Å². The van der Waals surface area contributed by atoms with Gasteiger partial charge < -0.3 is 5.73 Å². The van der Waals surface area contributed by atoms with Crippen LogP contribution in [0, 0.1) is 6.92 Å². The van der Waals surface area contributed by atoms with Gasteiger partial charge in [0, 0.05) is 18.1 Å². The van der Waals surface area contributed by atoms with Crippen LogP contribution in [-0.4, -0.2) is 8.42 Å². The molecule has 1 aromatic carbocycles. The van der Waals surface area contributed by atoms with Crippen molar-refractivity contribution in [2.45, 2.75) is 24.9 Å². The number of nitrogens with two attached hydrogens (primary N) is 1. The van der Waals surface area contributed by atoms with E-state index in [-0.39, 0.29) is 18.0 Å². The molecule has 108 valence electrons. The zero-order chi connectivity index (χ0) is 14.8. The van der Waals surface area contributed by atoms with Crippen LogP contribution in [0.25, 0.3) is 0 Å². The smallest absolute Gasteiger partial charge is 0.240 e. The average Bonchev–Trinajstić information content (AvgIpc) is 2.82. The summed E-state index contributed by atoms with van der Waals surface area (Å²) in [6.07, 6.45) is 0. The number of hydrogen-bond donors (Lipinski definition) is 2. The van der Waals surface area contributed by atoms with Crippen LogP contribution in [0.2, 0.25) is 5.02 Å². The molecule has 0 unspecified atom stereocenters. The minimum Gasteiger partial charge on any atom is -0.326 e. The van der Waals surface area contributed by atoms with Gasteiger partial charge in [0.15, 0.2) is 0 Å². The van der Waals surface area contributed by atoms with Crippen LogP contribution < -0.4 is 10.5 Å². The Bertz CT molecular complexity index is 711. The number of thiophene rings is 1. The fourth-order valence-electron chi connectivity index (χ4n) is 1.68. The van der Waals surface area contributed by atoms with Gasteiger partial charge in [0.2, 0.25) is 10.0 Å². The standard InChI is InChI=1S/C13H15ClN2O2S2/c1-9-7-19-8-11(9)6-16-20(17,18)12-3-2-10(5-15)13(14)4-12/h2-4,7-8,16H,5-6,15H2,1H3. The molecule has 0 aliphatic carbocycles. The van der Waals surface area contributed by atoms with E-state index in [1.807, 2.05) is 17.7 Å². The van der Waals surface area contributed by atoms with Gasteiger partial charge in [-0.3, -0.25) is 0 Å². The van der Waals surface area contributed by atoms with Crippen molar-refractivity contribution in [3.63, 3.8) is 0 Å². The first-order valence-corrected chi connectivity index (χ1v) is 8.74. The SMILES string of the molecule is Cc1cscc1CNS(=O)(=O)c1ccc(CN)c(Cl)c1. The predicted octanol–water partition coefficient (Wildman–Crippen LogP) is 2.65. The summed E-state index contributed by atoms with van der Waals surface area (Å²) in [7, 11) is -3.57. The second kappa shape index (κ2) is 6.24. The van der Waals surface area contributed by atoms with Crippen molar-refractivity contribution in [3.05, 3.63) is 50.7 Å². The third kappa shape index (κ3) is 3.39. The van der Waals surface area contributed by atoms with Gasteiger partial charge >= 0.3 is 0 Å². The molecule has 0 fully saturated rings. The van der Waals surface area contributed by atoms with Crippen molar-refractivity contribution in [2.75, 3.05) is 0 Å². The summed E-state index contributed by atoms with van der Waals surface area (Å²) in [6, 6.07) is 4.57. The van der Waals surface area contributed by atoms with E-state index in [0.717, 1.165) is 16.7 Å². The molecule has 0 aliphatic heterocycles. The molecule has 0 saturated heterocycles. The van der Waals surface area contributed by atoms with Gasteiger partial charge in [-0.1, -0.05) is 17.7 Å². The van der Waals surface area contributed by atoms with Crippen LogP contribution in [0.4, 0.5) is 0 Å². The van der Waals surface area contributed by atoms with Gasteiger partial charge in [0.1, 0.15) is 0 Å². The topological polar surface area (TPSA) is 72.2 Å². The maximum atomic E-state index is 12.2. The Kier molecular flexibility index (Phi) is 4.82. The van der Waals surface area contributed by atoms with E-state index in [4.69, 9.17) is 17.3 Å². The highest BCUT2D eigenvalue weighted by molar-refractivity contribution is 7.89. The van der Waals surface area contributed by atoms with Crippen molar-refractivity contribution >= 4 is 33.0 Å². The first-order valence-electron chi connectivity index (χ1n) is 5.94. The molecular weight excluding hydrogens is 316 g/mol. The minimum atomic E-state index is -3.57. The molecule has 20 heavy (non-hydrogen) atoms. The summed E-state index contributed by atoms with van der Waals surface area (Å²) in [6.45, 7) is 2.50. The number of sulfonamides is 1. The lowest BCUT2D eigenvalue weighted by Gasteiger charge is -2.08. The monoisotopic (exact) mass is 330 g/mol. The molecule has 0 atom stereocenters. The van der Waals surface area contributed by atoms with Crippen LogP contribution in [0.5, 0.6) is 0 Å². The van der Waals surface area contributed by atoms with Gasteiger partial charge in [-0.05, 0) is 46.5 Å². The molecule has 0 spiro atoms. The molecule has 7 heteroatoms. The fraction of sp³-hybridized carbons (Fsp3) is 0.231. The molecule has 0 amide bonds. The molecule has 2 rings (SSSR count). The Morgan fingerprint density at radius 1 is 1.30 bits per heavy atom. The Balaban J connectivity index is 2.18. The van der Waals surface area contributed by atoms with E-state index in [1.165, 1.54) is 12.1 Å². The third-order valence-corrected chi connectivity index (χ3v) is 5.63. The molecule has 1 heterocycles. The molecule has 1 aromatic heterocycles. The lowest BCUT2D eigenvalue weighted by atomic mass is 10.2. The molecule has 4 nitrogen and oxygen atoms in total. The molecular formula is C13H15ClN2O2S2. The van der Waals surface area contributed by atoms with Gasteiger partial charge in [0.05, 0.1) is 4.90 Å². The van der Waals surface area contributed by atoms with Gasteiger partial charge in [-0.15, -0.1) is 0 Å². The predicted molar refractivity (Wildman–Crippen MR) is 82.4 cm³/mol. The van der Waals surface area contributed by atoms with Crippen LogP contribution in [0.1, 0.15) is 16.7 Å². The largest absolute Gasteiger partial charge is 0.326 e. The van der Waals surface area contributed by atoms with Gasteiger partial charge in [-0.25, -0.2) is 13.1 Å². The van der Waals surface area contributed by atoms with Crippen LogP contribution in [0.15, 0.2) is 33.9 Å². The number of halogens is 1. The Hall–Kier alpha value is -0.920. The van der Waals surface area contributed by atoms with Crippen LogP contribution in [0.3, 0.4) is 0 Å². The number of hydrogen-bond acceptors (Lipinski definition) is 4. The van der Waals surface area contributed by atoms with Crippen molar-refractivity contribution in [1.82, 2.24) is 4.72 Å². The molecule has 0 radical (unpaired) electrons. The highest BCUT2D eigenvalue weighted by Crippen LogP contribution is 2.21. The first kappa shape index (κ1) is 15.5. The van der Waals surface area contributed by atoms with E-state index in [1.54, 1.807) is 17.4 Å². The summed E-state index contributed by atoms with van der Waals surface area (Å²) in [5.41, 5.74) is 8.28. The maximum Gasteiger partial charge on any atom is 0.240 e. The van der Waals surface area contributed by atoms with E-state index in [2.05, 4.69) is 4.72 Å². The fourth-order valence-corrected chi connectivity index (χ4v) is 3.90. The van der Waals surface area contributed by atoms with Crippen molar-refractivity contribution in [2.24, 2.45) is 5.73 Å². The summed E-state index contributed by atoms with van der Waals surface area (Å²) < 4.78 is 27.0. The van der Waals surface area contributed by atoms with E-state index >= 15 is 0 Å². The highest BCUT2D eigenvalue weighted by Gasteiger charge is 2.15. The lowest BCUT2D eigenvalue weighted by Crippen LogP contribution is -2.23. The first-order chi connectivity index (χ1) is 9.44. The second-order valence-corrected chi connectivity index (χ2v) is 7.28. The third-order valence-electron chi connectivity index (χ3n) is 2.97. The summed E-state index contributed by atoms with van der Waals surface area (Å²) in [4.78, 5) is 0.146. The molecule has 2 aromatic rings. The van der Waals surface area contributed by atoms with E-state index < -0.39 is 10.0 Å². The number of aryl methyl sites for hydroxylation is 1. The zero-order valence-electron chi connectivity index (χ0n) is 10.9. The van der Waals surface area contributed by atoms with Crippen LogP contribution in [-0.2, 0) is 23.1 Å². The van der Waals surface area contributed by atoms with Gasteiger partial charge in [-0.2, -0.15) is 11.3 Å². The Morgan fingerprint density at radius 3 is 2.60 bits per heavy atom. The Morgan fingerprint density at radius 2 is 2.05 bits per heavy atom. The number of rotatable bonds is 5.